The summed E-state index contributed by atoms with van der Waals surface area (Å²) in [5.74, 6) is 0. The largest absolute Gasteiger partial charge is 0.389 e. The van der Waals surface area contributed by atoms with E-state index in [0.29, 0.717) is 19.3 Å². The molecule has 2 fully saturated rings. The maximum atomic E-state index is 9.53. The minimum absolute atomic E-state index is 0.183. The van der Waals surface area contributed by atoms with E-state index in [1.807, 2.05) is 0 Å². The number of hydrogen-bond acceptors (Lipinski definition) is 3. The van der Waals surface area contributed by atoms with Gasteiger partial charge in [0.2, 0.25) is 0 Å². The molecule has 13 heavy (non-hydrogen) atoms. The molecule has 1 heterocycles. The summed E-state index contributed by atoms with van der Waals surface area (Å²) in [5, 5.41) is 13.0. The monoisotopic (exact) mass is 185 g/mol. The first kappa shape index (κ1) is 9.44. The van der Waals surface area contributed by atoms with Gasteiger partial charge in [0.1, 0.15) is 0 Å². The lowest BCUT2D eigenvalue weighted by molar-refractivity contribution is 0.120. The second-order valence-electron chi connectivity index (χ2n) is 4.21. The van der Waals surface area contributed by atoms with E-state index in [9.17, 15) is 5.11 Å². The fraction of sp³-hybridized carbons (Fsp3) is 1.00. The Morgan fingerprint density at radius 1 is 1.08 bits per heavy atom. The number of rotatable bonds is 2. The zero-order chi connectivity index (χ0) is 9.10. The van der Waals surface area contributed by atoms with Crippen molar-refractivity contribution < 1.29 is 9.84 Å². The van der Waals surface area contributed by atoms with E-state index in [4.69, 9.17) is 4.74 Å². The molecule has 76 valence electrons. The van der Waals surface area contributed by atoms with Crippen molar-refractivity contribution in [2.75, 3.05) is 13.2 Å². The molecule has 2 rings (SSSR count). The van der Waals surface area contributed by atoms with Crippen molar-refractivity contribution in [3.63, 3.8) is 0 Å². The lowest BCUT2D eigenvalue weighted by Crippen LogP contribution is -2.45. The third-order valence-electron chi connectivity index (χ3n) is 3.11. The third kappa shape index (κ3) is 2.42. The SMILES string of the molecule is OC1COCC1NC1CCCCC1. The van der Waals surface area contributed by atoms with Crippen LogP contribution in [0, 0.1) is 0 Å². The van der Waals surface area contributed by atoms with Crippen LogP contribution in [0.3, 0.4) is 0 Å². The van der Waals surface area contributed by atoms with Gasteiger partial charge in [-0.15, -0.1) is 0 Å². The molecule has 1 aliphatic heterocycles. The molecule has 1 saturated carbocycles. The van der Waals surface area contributed by atoms with Crippen LogP contribution < -0.4 is 5.32 Å². The third-order valence-corrected chi connectivity index (χ3v) is 3.11. The molecule has 0 radical (unpaired) electrons. The first-order valence-electron chi connectivity index (χ1n) is 5.38. The average Bonchev–Trinajstić information content (AvgIpc) is 2.54. The summed E-state index contributed by atoms with van der Waals surface area (Å²) >= 11 is 0. The van der Waals surface area contributed by atoms with Crippen LogP contribution in [-0.4, -0.2) is 36.5 Å². The van der Waals surface area contributed by atoms with Crippen LogP contribution in [0.25, 0.3) is 0 Å². The number of nitrogens with one attached hydrogen (secondary N) is 1. The van der Waals surface area contributed by atoms with Crippen molar-refractivity contribution in [2.45, 2.75) is 50.3 Å². The van der Waals surface area contributed by atoms with Crippen molar-refractivity contribution in [3.05, 3.63) is 0 Å². The van der Waals surface area contributed by atoms with Gasteiger partial charge in [-0.25, -0.2) is 0 Å². The van der Waals surface area contributed by atoms with Gasteiger partial charge in [-0.3, -0.25) is 0 Å². The van der Waals surface area contributed by atoms with Gasteiger partial charge in [-0.2, -0.15) is 0 Å². The molecule has 0 aromatic rings. The van der Waals surface area contributed by atoms with Gasteiger partial charge in [0.05, 0.1) is 25.4 Å². The molecule has 0 amide bonds. The van der Waals surface area contributed by atoms with Crippen molar-refractivity contribution in [1.29, 1.82) is 0 Å². The fourth-order valence-corrected chi connectivity index (χ4v) is 2.27. The van der Waals surface area contributed by atoms with Gasteiger partial charge in [0.15, 0.2) is 0 Å². The van der Waals surface area contributed by atoms with E-state index in [0.717, 1.165) is 0 Å². The number of ether oxygens (including phenoxy) is 1. The minimum atomic E-state index is -0.290. The van der Waals surface area contributed by atoms with E-state index < -0.39 is 0 Å². The molecule has 2 aliphatic rings. The summed E-state index contributed by atoms with van der Waals surface area (Å²) in [6.45, 7) is 1.18. The number of aliphatic hydroxyl groups is 1. The van der Waals surface area contributed by atoms with Crippen LogP contribution in [-0.2, 0) is 4.74 Å². The molecule has 2 N–H and O–H groups in total. The van der Waals surface area contributed by atoms with E-state index in [2.05, 4.69) is 5.32 Å². The van der Waals surface area contributed by atoms with Crippen LogP contribution in [0.5, 0.6) is 0 Å². The quantitative estimate of drug-likeness (QED) is 0.664. The van der Waals surface area contributed by atoms with Crippen molar-refractivity contribution in [1.82, 2.24) is 5.32 Å². The second-order valence-corrected chi connectivity index (χ2v) is 4.21. The Kier molecular flexibility index (Phi) is 3.19. The van der Waals surface area contributed by atoms with Crippen LogP contribution >= 0.6 is 0 Å². The summed E-state index contributed by atoms with van der Waals surface area (Å²) in [6, 6.07) is 0.804. The highest BCUT2D eigenvalue weighted by molar-refractivity contribution is 4.85. The molecule has 3 nitrogen and oxygen atoms in total. The van der Waals surface area contributed by atoms with Crippen LogP contribution in [0.2, 0.25) is 0 Å². The fourth-order valence-electron chi connectivity index (χ4n) is 2.27. The first-order valence-corrected chi connectivity index (χ1v) is 5.38. The Balaban J connectivity index is 1.75. The Morgan fingerprint density at radius 2 is 1.85 bits per heavy atom. The molecular weight excluding hydrogens is 166 g/mol. The van der Waals surface area contributed by atoms with Crippen LogP contribution in [0.4, 0.5) is 0 Å². The summed E-state index contributed by atoms with van der Waals surface area (Å²) in [7, 11) is 0. The minimum Gasteiger partial charge on any atom is -0.389 e. The molecule has 0 spiro atoms. The smallest absolute Gasteiger partial charge is 0.0948 e. The van der Waals surface area contributed by atoms with Gasteiger partial charge in [0.25, 0.3) is 0 Å². The predicted molar refractivity (Wildman–Crippen MR) is 50.6 cm³/mol. The molecule has 2 unspecified atom stereocenters. The lowest BCUT2D eigenvalue weighted by atomic mass is 9.94. The molecule has 1 saturated heterocycles. The predicted octanol–water partition coefficient (Wildman–Crippen LogP) is 0.668. The maximum absolute atomic E-state index is 9.53. The van der Waals surface area contributed by atoms with Gasteiger partial charge in [-0.05, 0) is 12.8 Å². The standard InChI is InChI=1S/C10H19NO2/c12-10-7-13-6-9(10)11-8-4-2-1-3-5-8/h8-12H,1-7H2. The summed E-state index contributed by atoms with van der Waals surface area (Å²) < 4.78 is 5.20. The van der Waals surface area contributed by atoms with E-state index >= 15 is 0 Å². The Morgan fingerprint density at radius 3 is 2.46 bits per heavy atom. The van der Waals surface area contributed by atoms with Gasteiger partial charge in [0, 0.05) is 6.04 Å². The van der Waals surface area contributed by atoms with E-state index in [1.165, 1.54) is 32.1 Å². The highest BCUT2D eigenvalue weighted by atomic mass is 16.5. The van der Waals surface area contributed by atoms with E-state index in [-0.39, 0.29) is 12.1 Å². The Labute approximate surface area is 79.5 Å². The molecule has 0 bridgehead atoms. The number of aliphatic hydroxyl groups excluding tert-OH is 1. The van der Waals surface area contributed by atoms with Crippen molar-refractivity contribution in [2.24, 2.45) is 0 Å². The number of hydrogen-bond donors (Lipinski definition) is 2. The van der Waals surface area contributed by atoms with Gasteiger partial charge >= 0.3 is 0 Å². The Hall–Kier alpha value is -0.120. The highest BCUT2D eigenvalue weighted by Gasteiger charge is 2.28. The average molecular weight is 185 g/mol. The lowest BCUT2D eigenvalue weighted by Gasteiger charge is -2.26. The van der Waals surface area contributed by atoms with Crippen LogP contribution in [0.15, 0.2) is 0 Å². The summed E-state index contributed by atoms with van der Waals surface area (Å²) in [4.78, 5) is 0. The topological polar surface area (TPSA) is 41.5 Å². The Bertz CT molecular complexity index is 157. The maximum Gasteiger partial charge on any atom is 0.0948 e. The summed E-state index contributed by atoms with van der Waals surface area (Å²) in [5.41, 5.74) is 0. The van der Waals surface area contributed by atoms with Crippen molar-refractivity contribution >= 4 is 0 Å². The highest BCUT2D eigenvalue weighted by Crippen LogP contribution is 2.19. The first-order chi connectivity index (χ1) is 6.36. The normalized spacial score (nSPS) is 36.7. The molecule has 0 aromatic carbocycles. The molecule has 2 atom stereocenters. The second kappa shape index (κ2) is 4.40. The zero-order valence-corrected chi connectivity index (χ0v) is 8.04. The molecule has 0 aromatic heterocycles. The molecule has 3 heteroatoms. The van der Waals surface area contributed by atoms with Gasteiger partial charge < -0.3 is 15.2 Å². The van der Waals surface area contributed by atoms with Gasteiger partial charge in [-0.1, -0.05) is 19.3 Å². The van der Waals surface area contributed by atoms with Crippen LogP contribution in [0.1, 0.15) is 32.1 Å². The van der Waals surface area contributed by atoms with E-state index in [1.54, 1.807) is 0 Å². The molecule has 1 aliphatic carbocycles. The molecular formula is C10H19NO2. The van der Waals surface area contributed by atoms with Crippen molar-refractivity contribution in [3.8, 4) is 0 Å². The zero-order valence-electron chi connectivity index (χ0n) is 8.04. The summed E-state index contributed by atoms with van der Waals surface area (Å²) in [6.07, 6.45) is 6.29.